The highest BCUT2D eigenvalue weighted by Crippen LogP contribution is 2.40. The number of rotatable bonds is 13. The molecule has 5 aliphatic rings. The van der Waals surface area contributed by atoms with Crippen LogP contribution in [0, 0.1) is 11.8 Å². The van der Waals surface area contributed by atoms with E-state index < -0.39 is 11.9 Å². The van der Waals surface area contributed by atoms with Crippen LogP contribution < -0.4 is 25.2 Å². The van der Waals surface area contributed by atoms with Gasteiger partial charge in [0.1, 0.15) is 17.8 Å². The summed E-state index contributed by atoms with van der Waals surface area (Å²) in [6.07, 6.45) is 10.9. The van der Waals surface area contributed by atoms with Crippen molar-refractivity contribution < 1.29 is 24.5 Å². The van der Waals surface area contributed by atoms with Gasteiger partial charge < -0.3 is 45.0 Å². The molecule has 3 aromatic heterocycles. The van der Waals surface area contributed by atoms with E-state index in [0.29, 0.717) is 52.8 Å². The molecule has 3 atom stereocenters. The number of nitrogens with zero attached hydrogens (tertiary/aromatic N) is 8. The summed E-state index contributed by atoms with van der Waals surface area (Å²) in [5.74, 6) is 1.39. The molecule has 4 saturated heterocycles. The number of hydrogen-bond donors (Lipinski definition) is 4. The first-order chi connectivity index (χ1) is 28.6. The van der Waals surface area contributed by atoms with Gasteiger partial charge >= 0.3 is 5.97 Å². The van der Waals surface area contributed by atoms with Gasteiger partial charge in [-0.2, -0.15) is 5.10 Å². The van der Waals surface area contributed by atoms with Crippen LogP contribution in [0.5, 0.6) is 11.6 Å². The lowest BCUT2D eigenvalue weighted by atomic mass is 9.91. The van der Waals surface area contributed by atoms with Crippen LogP contribution in [0.15, 0.2) is 54.7 Å². The molecule has 59 heavy (non-hydrogen) atoms. The van der Waals surface area contributed by atoms with Gasteiger partial charge in [0.25, 0.3) is 0 Å². The molecule has 314 valence electrons. The molecule has 4 aliphatic heterocycles. The van der Waals surface area contributed by atoms with Crippen LogP contribution >= 0.6 is 0 Å². The summed E-state index contributed by atoms with van der Waals surface area (Å²) < 4.78 is 13.0. The van der Waals surface area contributed by atoms with Crippen molar-refractivity contribution in [2.45, 2.75) is 102 Å². The molecule has 1 saturated carbocycles. The topological polar surface area (TPSA) is 182 Å². The Morgan fingerprint density at radius 1 is 0.898 bits per heavy atom. The average Bonchev–Trinajstić information content (AvgIpc) is 3.79. The van der Waals surface area contributed by atoms with Gasteiger partial charge in [-0.15, -0.1) is 10.2 Å². The Morgan fingerprint density at radius 2 is 1.64 bits per heavy atom. The number of fused-ring (bicyclic) bond motifs is 2. The van der Waals surface area contributed by atoms with E-state index in [-0.39, 0.29) is 23.9 Å². The second kappa shape index (κ2) is 16.8. The third-order valence-corrected chi connectivity index (χ3v) is 13.4. The van der Waals surface area contributed by atoms with Gasteiger partial charge in [0, 0.05) is 100 Å². The van der Waals surface area contributed by atoms with Crippen LogP contribution in [0.2, 0.25) is 0 Å². The highest BCUT2D eigenvalue weighted by atomic mass is 16.5. The molecule has 7 heterocycles. The van der Waals surface area contributed by atoms with Crippen LogP contribution in [-0.4, -0.2) is 123 Å². The quantitative estimate of drug-likeness (QED) is 0.132. The molecule has 3 unspecified atom stereocenters. The number of nitrogens with two attached hydrogens (primary N) is 1. The predicted octanol–water partition coefficient (Wildman–Crippen LogP) is 5.54. The van der Waals surface area contributed by atoms with Crippen LogP contribution in [0.3, 0.4) is 0 Å². The van der Waals surface area contributed by atoms with Crippen LogP contribution in [0.4, 0.5) is 23.0 Å². The number of piperazine rings is 1. The van der Waals surface area contributed by atoms with Crippen molar-refractivity contribution in [2.75, 3.05) is 66.2 Å². The lowest BCUT2D eigenvalue weighted by molar-refractivity contribution is -0.140. The Labute approximate surface area is 345 Å². The molecule has 4 aromatic rings. The number of para-hydroxylation sites is 1. The minimum absolute atomic E-state index is 0.00305. The number of nitrogens with one attached hydrogen (secondary N) is 1. The van der Waals surface area contributed by atoms with E-state index in [9.17, 15) is 15.0 Å². The van der Waals surface area contributed by atoms with Gasteiger partial charge in [-0.1, -0.05) is 26.0 Å². The van der Waals surface area contributed by atoms with Gasteiger partial charge in [0.05, 0.1) is 29.3 Å². The first kappa shape index (κ1) is 39.3. The fourth-order valence-electron chi connectivity index (χ4n) is 10.1. The average molecular weight is 807 g/mol. The lowest BCUT2D eigenvalue weighted by Crippen LogP contribution is -2.54. The molecular formula is C44H58N10O5. The van der Waals surface area contributed by atoms with Crippen molar-refractivity contribution in [2.24, 2.45) is 11.8 Å². The highest BCUT2D eigenvalue weighted by Gasteiger charge is 2.41. The molecule has 2 bridgehead atoms. The third-order valence-electron chi connectivity index (χ3n) is 13.4. The van der Waals surface area contributed by atoms with Crippen LogP contribution in [0.25, 0.3) is 11.3 Å². The number of ether oxygens (including phenoxy) is 2. The number of piperidine rings is 2. The molecule has 5 fully saturated rings. The molecule has 15 nitrogen and oxygen atoms in total. The molecule has 9 rings (SSSR count). The number of carbonyl (C=O) groups is 1. The number of aromatic nitrogens is 5. The first-order valence-corrected chi connectivity index (χ1v) is 21.6. The largest absolute Gasteiger partial charge is 0.507 e. The number of aromatic hydroxyl groups is 1. The normalized spacial score (nSPS) is 24.7. The molecule has 5 N–H and O–H groups in total. The highest BCUT2D eigenvalue weighted by molar-refractivity contribution is 5.76. The first-order valence-electron chi connectivity index (χ1n) is 21.6. The smallest absolute Gasteiger partial charge is 0.312 e. The number of H-pyrrole nitrogens is 1. The zero-order valence-corrected chi connectivity index (χ0v) is 34.2. The number of phenols is 1. The SMILES string of the molecule is CC(C)C(C(=O)O)c1cc(N2CCC(CN3CCC(OC4CC(Oc5cc(N6C7CCC6CN(c6cc(-c8ccccc8O)nnc6N)C7)ccn5)C4)CC3)CC2)n[nH]1. The number of phenolic OH excluding ortho intramolecular Hbond substituents is 1. The van der Waals surface area contributed by atoms with Gasteiger partial charge in [-0.3, -0.25) is 9.89 Å². The van der Waals surface area contributed by atoms with E-state index in [2.05, 4.69) is 57.1 Å². The molecule has 0 spiro atoms. The van der Waals surface area contributed by atoms with E-state index in [1.54, 1.807) is 12.1 Å². The summed E-state index contributed by atoms with van der Waals surface area (Å²) >= 11 is 0. The second-order valence-corrected chi connectivity index (χ2v) is 17.7. The lowest BCUT2D eigenvalue weighted by Gasteiger charge is -2.43. The van der Waals surface area contributed by atoms with E-state index >= 15 is 0 Å². The number of aliphatic carboxylic acids is 1. The maximum absolute atomic E-state index is 11.8. The number of carboxylic acid groups (broad SMARTS) is 1. The second-order valence-electron chi connectivity index (χ2n) is 17.7. The Hall–Kier alpha value is -5.15. The number of carboxylic acids is 1. The zero-order chi connectivity index (χ0) is 40.6. The molecular weight excluding hydrogens is 749 g/mol. The van der Waals surface area contributed by atoms with E-state index in [1.807, 2.05) is 44.3 Å². The fraction of sp³-hybridized carbons (Fsp3) is 0.568. The molecule has 0 radical (unpaired) electrons. The van der Waals surface area contributed by atoms with E-state index in [1.165, 1.54) is 0 Å². The van der Waals surface area contributed by atoms with Crippen molar-refractivity contribution in [3.8, 4) is 22.9 Å². The van der Waals surface area contributed by atoms with Crippen molar-refractivity contribution in [3.05, 3.63) is 60.4 Å². The zero-order valence-electron chi connectivity index (χ0n) is 34.2. The van der Waals surface area contributed by atoms with Crippen LogP contribution in [-0.2, 0) is 9.53 Å². The van der Waals surface area contributed by atoms with Crippen molar-refractivity contribution >= 4 is 29.0 Å². The summed E-state index contributed by atoms with van der Waals surface area (Å²) in [6, 6.07) is 15.9. The van der Waals surface area contributed by atoms with Gasteiger partial charge in [-0.25, -0.2) is 4.98 Å². The summed E-state index contributed by atoms with van der Waals surface area (Å²) in [6.45, 7) is 10.7. The minimum atomic E-state index is -0.811. The summed E-state index contributed by atoms with van der Waals surface area (Å²) in [5.41, 5.74) is 10.3. The van der Waals surface area contributed by atoms with Gasteiger partial charge in [0.15, 0.2) is 11.6 Å². The number of pyridine rings is 1. The number of anilines is 4. The number of benzene rings is 1. The standard InChI is InChI=1S/C44H58N10O5/c1-27(2)42(44(56)57)37-23-40(49-48-37)52-17-10-28(11-18-52)24-51-15-12-32(13-16-51)58-33-20-34(21-33)59-41-19-29(9-14-46-41)54-30-7-8-31(54)26-53(25-30)38-22-36(47-50-43(38)45)35-5-3-4-6-39(35)55/h3-6,9,14,19,22-23,27-28,30-34,42,55H,7-8,10-13,15-18,20-21,24-26H2,1-2H3,(H2,45,50)(H,48,49)(H,56,57). The van der Waals surface area contributed by atoms with E-state index in [0.717, 1.165) is 114 Å². The third kappa shape index (κ3) is 8.49. The van der Waals surface area contributed by atoms with Gasteiger partial charge in [-0.05, 0) is 74.6 Å². The number of likely N-dealkylation sites (tertiary alicyclic amines) is 1. The summed E-state index contributed by atoms with van der Waals surface area (Å²) in [7, 11) is 0. The van der Waals surface area contributed by atoms with Crippen molar-refractivity contribution in [1.82, 2.24) is 30.3 Å². The Bertz CT molecular complexity index is 2060. The van der Waals surface area contributed by atoms with Crippen molar-refractivity contribution in [3.63, 3.8) is 0 Å². The van der Waals surface area contributed by atoms with Crippen LogP contribution in [0.1, 0.15) is 76.8 Å². The maximum Gasteiger partial charge on any atom is 0.312 e. The predicted molar refractivity (Wildman–Crippen MR) is 226 cm³/mol. The number of nitrogen functional groups attached to an aromatic ring is 1. The minimum Gasteiger partial charge on any atom is -0.507 e. The van der Waals surface area contributed by atoms with Crippen molar-refractivity contribution in [1.29, 1.82) is 0 Å². The molecule has 1 aliphatic carbocycles. The monoisotopic (exact) mass is 806 g/mol. The Balaban J connectivity index is 0.701. The van der Waals surface area contributed by atoms with Gasteiger partial charge in [0.2, 0.25) is 5.88 Å². The fourth-order valence-corrected chi connectivity index (χ4v) is 10.1. The summed E-state index contributed by atoms with van der Waals surface area (Å²) in [4.78, 5) is 26.1. The maximum atomic E-state index is 11.8. The van der Waals surface area contributed by atoms with E-state index in [4.69, 9.17) is 15.2 Å². The Morgan fingerprint density at radius 3 is 2.36 bits per heavy atom. The Kier molecular flexibility index (Phi) is 11.2. The summed E-state index contributed by atoms with van der Waals surface area (Å²) in [5, 5.41) is 36.1. The molecule has 0 amide bonds. The number of hydrogen-bond acceptors (Lipinski definition) is 13. The molecule has 1 aromatic carbocycles. The number of aromatic amines is 1. The molecule has 15 heteroatoms.